The van der Waals surface area contributed by atoms with Gasteiger partial charge in [0.05, 0.1) is 11.4 Å². The number of allylic oxidation sites excluding steroid dienone is 3. The van der Waals surface area contributed by atoms with E-state index in [2.05, 4.69) is 11.1 Å². The Morgan fingerprint density at radius 2 is 2.00 bits per heavy atom. The first-order chi connectivity index (χ1) is 12.2. The van der Waals surface area contributed by atoms with Gasteiger partial charge in [-0.2, -0.15) is 5.26 Å². The first kappa shape index (κ1) is 18.0. The predicted molar refractivity (Wildman–Crippen MR) is 100 cm³/mol. The maximum absolute atomic E-state index is 12.3. The van der Waals surface area contributed by atoms with Crippen molar-refractivity contribution < 1.29 is 9.53 Å². The Bertz CT molecular complexity index is 1060. The number of hydrogen-bond donors (Lipinski definition) is 1. The van der Waals surface area contributed by atoms with Crippen molar-refractivity contribution in [2.24, 2.45) is 5.73 Å². The highest BCUT2D eigenvalue weighted by Crippen LogP contribution is 2.42. The number of nitrogens with two attached hydrogens (primary N) is 1. The smallest absolute Gasteiger partial charge is 0.205 e. The molecule has 0 spiro atoms. The fourth-order valence-electron chi connectivity index (χ4n) is 3.47. The normalized spacial score (nSPS) is 17.3. The number of ether oxygens (including phenoxy) is 1. The predicted octanol–water partition coefficient (Wildman–Crippen LogP) is 4.18. The molecule has 0 fully saturated rings. The molecule has 1 aromatic heterocycles. The number of halogens is 1. The van der Waals surface area contributed by atoms with E-state index in [-0.39, 0.29) is 22.4 Å². The number of nitriles is 1. The van der Waals surface area contributed by atoms with Gasteiger partial charge in [0.15, 0.2) is 5.78 Å². The van der Waals surface area contributed by atoms with Gasteiger partial charge < -0.3 is 10.5 Å². The number of fused-ring (bicyclic) bond motifs is 1. The summed E-state index contributed by atoms with van der Waals surface area (Å²) in [6.07, 6.45) is 0. The van der Waals surface area contributed by atoms with E-state index in [0.29, 0.717) is 16.9 Å². The van der Waals surface area contributed by atoms with Crippen molar-refractivity contribution in [3.63, 3.8) is 0 Å². The molecule has 5 nitrogen and oxygen atoms in total. The van der Waals surface area contributed by atoms with Crippen LogP contribution in [0.5, 0.6) is 0 Å². The molecule has 0 saturated carbocycles. The third kappa shape index (κ3) is 2.83. The van der Waals surface area contributed by atoms with E-state index in [1.165, 1.54) is 6.92 Å². The molecule has 0 amide bonds. The van der Waals surface area contributed by atoms with Crippen molar-refractivity contribution >= 4 is 28.3 Å². The van der Waals surface area contributed by atoms with E-state index in [1.54, 1.807) is 6.92 Å². The lowest BCUT2D eigenvalue weighted by atomic mass is 9.81. The quantitative estimate of drug-likeness (QED) is 0.804. The molecule has 6 heteroatoms. The van der Waals surface area contributed by atoms with Gasteiger partial charge >= 0.3 is 0 Å². The summed E-state index contributed by atoms with van der Waals surface area (Å²) in [5.74, 6) is -0.548. The Balaban J connectivity index is 2.35. The molecule has 1 atom stereocenters. The molecule has 26 heavy (non-hydrogen) atoms. The molecule has 2 aromatic rings. The molecule has 0 radical (unpaired) electrons. The largest absolute Gasteiger partial charge is 0.445 e. The molecule has 0 saturated heterocycles. The summed E-state index contributed by atoms with van der Waals surface area (Å²) < 4.78 is 5.41. The minimum absolute atomic E-state index is 0.0169. The fraction of sp³-hybridized carbons (Fsp3) is 0.250. The number of pyridine rings is 1. The summed E-state index contributed by atoms with van der Waals surface area (Å²) in [6, 6.07) is 7.95. The van der Waals surface area contributed by atoms with Crippen LogP contribution < -0.4 is 5.73 Å². The zero-order valence-corrected chi connectivity index (χ0v) is 15.7. The fourth-order valence-corrected chi connectivity index (χ4v) is 3.73. The number of aromatic nitrogens is 1. The van der Waals surface area contributed by atoms with Crippen LogP contribution in [0.15, 0.2) is 41.0 Å². The summed E-state index contributed by atoms with van der Waals surface area (Å²) in [4.78, 5) is 16.8. The van der Waals surface area contributed by atoms with Crippen LogP contribution in [-0.2, 0) is 9.53 Å². The molecule has 3 rings (SSSR count). The van der Waals surface area contributed by atoms with Gasteiger partial charge in [-0.15, -0.1) is 0 Å². The van der Waals surface area contributed by atoms with Crippen molar-refractivity contribution in [2.75, 3.05) is 0 Å². The second kappa shape index (κ2) is 6.47. The third-order valence-electron chi connectivity index (χ3n) is 4.56. The van der Waals surface area contributed by atoms with Gasteiger partial charge in [0.1, 0.15) is 22.6 Å². The average molecular weight is 368 g/mol. The standard InChI is InChI=1S/C20H18ClN3O2/c1-9-5-10(2)13-7-14(19(21)24-16(13)6-9)18-15(8-22)20(23)26-12(4)17(18)11(3)25/h5-7,18H,23H2,1-4H3/t18-/m0/s1. The van der Waals surface area contributed by atoms with Gasteiger partial charge in [0.25, 0.3) is 0 Å². The number of Topliss-reactive ketones (excluding diaryl/α,β-unsaturated/α-hetero) is 1. The number of carbonyl (C=O) groups is 1. The molecule has 2 heterocycles. The highest BCUT2D eigenvalue weighted by atomic mass is 35.5. The van der Waals surface area contributed by atoms with Crippen LogP contribution in [-0.4, -0.2) is 10.8 Å². The summed E-state index contributed by atoms with van der Waals surface area (Å²) >= 11 is 6.47. The molecule has 2 N–H and O–H groups in total. The number of nitrogens with zero attached hydrogens (tertiary/aromatic N) is 2. The maximum Gasteiger partial charge on any atom is 0.205 e. The SMILES string of the molecule is CC(=O)C1=C(C)OC(N)=C(C#N)[C@@H]1c1cc2c(C)cc(C)cc2nc1Cl. The van der Waals surface area contributed by atoms with Gasteiger partial charge in [-0.1, -0.05) is 17.7 Å². The Hall–Kier alpha value is -2.84. The Labute approximate surface area is 156 Å². The van der Waals surface area contributed by atoms with Gasteiger partial charge in [0, 0.05) is 16.5 Å². The molecule has 132 valence electrons. The van der Waals surface area contributed by atoms with Crippen LogP contribution in [0.25, 0.3) is 10.9 Å². The van der Waals surface area contributed by atoms with E-state index < -0.39 is 5.92 Å². The van der Waals surface area contributed by atoms with Crippen molar-refractivity contribution in [3.05, 3.63) is 62.8 Å². The van der Waals surface area contributed by atoms with Crippen molar-refractivity contribution in [1.82, 2.24) is 4.98 Å². The van der Waals surface area contributed by atoms with E-state index in [0.717, 1.165) is 22.0 Å². The Morgan fingerprint density at radius 3 is 2.62 bits per heavy atom. The molecule has 1 aromatic carbocycles. The summed E-state index contributed by atoms with van der Waals surface area (Å²) in [7, 11) is 0. The molecular formula is C20H18ClN3O2. The summed E-state index contributed by atoms with van der Waals surface area (Å²) in [5, 5.41) is 10.8. The lowest BCUT2D eigenvalue weighted by Crippen LogP contribution is -2.23. The molecule has 0 bridgehead atoms. The van der Waals surface area contributed by atoms with Crippen LogP contribution in [0.1, 0.15) is 36.5 Å². The summed E-state index contributed by atoms with van der Waals surface area (Å²) in [5.41, 5.74) is 9.89. The monoisotopic (exact) mass is 367 g/mol. The number of ketones is 1. The number of rotatable bonds is 2. The van der Waals surface area contributed by atoms with Gasteiger partial charge in [-0.25, -0.2) is 4.98 Å². The van der Waals surface area contributed by atoms with Crippen LogP contribution in [0.4, 0.5) is 0 Å². The minimum Gasteiger partial charge on any atom is -0.445 e. The second-order valence-electron chi connectivity index (χ2n) is 6.47. The van der Waals surface area contributed by atoms with E-state index in [4.69, 9.17) is 22.1 Å². The van der Waals surface area contributed by atoms with Gasteiger partial charge in [0.2, 0.25) is 5.88 Å². The zero-order chi connectivity index (χ0) is 19.2. The highest BCUT2D eigenvalue weighted by Gasteiger charge is 2.35. The second-order valence-corrected chi connectivity index (χ2v) is 6.83. The molecular weight excluding hydrogens is 350 g/mol. The summed E-state index contributed by atoms with van der Waals surface area (Å²) in [6.45, 7) is 7.07. The first-order valence-electron chi connectivity index (χ1n) is 8.11. The molecule has 1 aliphatic heterocycles. The maximum atomic E-state index is 12.3. The zero-order valence-electron chi connectivity index (χ0n) is 15.0. The first-order valence-corrected chi connectivity index (χ1v) is 8.49. The average Bonchev–Trinajstić information content (AvgIpc) is 2.53. The van der Waals surface area contributed by atoms with Crippen LogP contribution in [0, 0.1) is 25.2 Å². The lowest BCUT2D eigenvalue weighted by molar-refractivity contribution is -0.114. The number of aryl methyl sites for hydroxylation is 2. The highest BCUT2D eigenvalue weighted by molar-refractivity contribution is 6.31. The number of carbonyl (C=O) groups excluding carboxylic acids is 1. The number of benzene rings is 1. The van der Waals surface area contributed by atoms with Crippen LogP contribution in [0.3, 0.4) is 0 Å². The minimum atomic E-state index is -0.698. The molecule has 0 aliphatic carbocycles. The third-order valence-corrected chi connectivity index (χ3v) is 4.86. The van der Waals surface area contributed by atoms with Gasteiger partial charge in [-0.05, 0) is 51.0 Å². The number of hydrogen-bond acceptors (Lipinski definition) is 5. The van der Waals surface area contributed by atoms with Crippen molar-refractivity contribution in [3.8, 4) is 6.07 Å². The Kier molecular flexibility index (Phi) is 4.47. The van der Waals surface area contributed by atoms with E-state index in [1.807, 2.05) is 32.0 Å². The van der Waals surface area contributed by atoms with Gasteiger partial charge in [-0.3, -0.25) is 4.79 Å². The molecule has 1 aliphatic rings. The molecule has 0 unspecified atom stereocenters. The van der Waals surface area contributed by atoms with Crippen LogP contribution >= 0.6 is 11.6 Å². The van der Waals surface area contributed by atoms with E-state index >= 15 is 0 Å². The van der Waals surface area contributed by atoms with E-state index in [9.17, 15) is 10.1 Å². The van der Waals surface area contributed by atoms with Crippen molar-refractivity contribution in [2.45, 2.75) is 33.6 Å². The van der Waals surface area contributed by atoms with Crippen LogP contribution in [0.2, 0.25) is 5.15 Å². The topological polar surface area (TPSA) is 89.0 Å². The van der Waals surface area contributed by atoms with Crippen molar-refractivity contribution in [1.29, 1.82) is 5.26 Å². The Morgan fingerprint density at radius 1 is 1.31 bits per heavy atom. The lowest BCUT2D eigenvalue weighted by Gasteiger charge is -2.27.